The van der Waals surface area contributed by atoms with Gasteiger partial charge in [-0.1, -0.05) is 0 Å². The SMILES string of the molecule is CC(C)NC(C)(CCCN1CCS(=O)(=O)CC1)C(=O)O. The molecule has 1 saturated heterocycles. The first kappa shape index (κ1) is 17.4. The van der Waals surface area contributed by atoms with Crippen LogP contribution < -0.4 is 5.32 Å². The number of hydrogen-bond acceptors (Lipinski definition) is 5. The van der Waals surface area contributed by atoms with Gasteiger partial charge in [0, 0.05) is 19.1 Å². The lowest BCUT2D eigenvalue weighted by Crippen LogP contribution is -2.52. The van der Waals surface area contributed by atoms with Gasteiger partial charge in [-0.25, -0.2) is 8.42 Å². The number of aliphatic carboxylic acids is 1. The van der Waals surface area contributed by atoms with Gasteiger partial charge in [-0.2, -0.15) is 0 Å². The lowest BCUT2D eigenvalue weighted by molar-refractivity contribution is -0.144. The third-order valence-corrected chi connectivity index (χ3v) is 5.28. The molecule has 1 unspecified atom stereocenters. The van der Waals surface area contributed by atoms with E-state index in [-0.39, 0.29) is 17.5 Å². The van der Waals surface area contributed by atoms with E-state index in [9.17, 15) is 18.3 Å². The third-order valence-electron chi connectivity index (χ3n) is 3.67. The van der Waals surface area contributed by atoms with E-state index >= 15 is 0 Å². The van der Waals surface area contributed by atoms with Crippen LogP contribution in [0.4, 0.5) is 0 Å². The smallest absolute Gasteiger partial charge is 0.323 e. The van der Waals surface area contributed by atoms with Crippen LogP contribution in [0.3, 0.4) is 0 Å². The van der Waals surface area contributed by atoms with Gasteiger partial charge < -0.3 is 10.0 Å². The summed E-state index contributed by atoms with van der Waals surface area (Å²) in [6.07, 6.45) is 1.27. The molecule has 0 amide bonds. The predicted molar refractivity (Wildman–Crippen MR) is 78.6 cm³/mol. The number of carboxylic acid groups (broad SMARTS) is 1. The Balaban J connectivity index is 2.40. The molecule has 0 aliphatic carbocycles. The third kappa shape index (κ3) is 5.38. The number of carboxylic acids is 1. The molecule has 0 aromatic rings. The van der Waals surface area contributed by atoms with Crippen molar-refractivity contribution >= 4 is 15.8 Å². The Morgan fingerprint density at radius 1 is 1.35 bits per heavy atom. The van der Waals surface area contributed by atoms with Crippen LogP contribution in [-0.4, -0.2) is 67.1 Å². The highest BCUT2D eigenvalue weighted by Gasteiger charge is 2.33. The molecule has 20 heavy (non-hydrogen) atoms. The second kappa shape index (κ2) is 6.87. The molecule has 0 radical (unpaired) electrons. The first-order valence-electron chi connectivity index (χ1n) is 7.08. The quantitative estimate of drug-likeness (QED) is 0.705. The van der Waals surface area contributed by atoms with E-state index in [4.69, 9.17) is 0 Å². The van der Waals surface area contributed by atoms with E-state index in [1.165, 1.54) is 0 Å². The molecule has 0 bridgehead atoms. The van der Waals surface area contributed by atoms with Crippen molar-refractivity contribution < 1.29 is 18.3 Å². The number of rotatable bonds is 7. The van der Waals surface area contributed by atoms with Crippen molar-refractivity contribution in [3.63, 3.8) is 0 Å². The highest BCUT2D eigenvalue weighted by atomic mass is 32.2. The van der Waals surface area contributed by atoms with Crippen LogP contribution in [0, 0.1) is 0 Å². The van der Waals surface area contributed by atoms with Gasteiger partial charge in [0.15, 0.2) is 9.84 Å². The molecule has 1 fully saturated rings. The van der Waals surface area contributed by atoms with Crippen LogP contribution in [-0.2, 0) is 14.6 Å². The van der Waals surface area contributed by atoms with E-state index in [2.05, 4.69) is 10.2 Å². The van der Waals surface area contributed by atoms with E-state index in [1.54, 1.807) is 6.92 Å². The first-order chi connectivity index (χ1) is 9.15. The van der Waals surface area contributed by atoms with Crippen molar-refractivity contribution in [2.75, 3.05) is 31.1 Å². The zero-order chi connectivity index (χ0) is 15.4. The van der Waals surface area contributed by atoms with Gasteiger partial charge >= 0.3 is 5.97 Å². The van der Waals surface area contributed by atoms with Crippen molar-refractivity contribution in [3.8, 4) is 0 Å². The number of nitrogens with one attached hydrogen (secondary N) is 1. The molecular weight excluding hydrogens is 280 g/mol. The van der Waals surface area contributed by atoms with Crippen molar-refractivity contribution in [2.45, 2.75) is 45.2 Å². The molecule has 0 saturated carbocycles. The Morgan fingerprint density at radius 3 is 2.35 bits per heavy atom. The average molecular weight is 306 g/mol. The lowest BCUT2D eigenvalue weighted by atomic mass is 9.94. The average Bonchev–Trinajstić information content (AvgIpc) is 2.30. The van der Waals surface area contributed by atoms with Gasteiger partial charge in [0.25, 0.3) is 0 Å². The topological polar surface area (TPSA) is 86.7 Å². The Labute approximate surface area is 121 Å². The maximum Gasteiger partial charge on any atom is 0.323 e. The maximum atomic E-state index is 11.4. The summed E-state index contributed by atoms with van der Waals surface area (Å²) in [4.78, 5) is 13.5. The minimum atomic E-state index is -2.85. The monoisotopic (exact) mass is 306 g/mol. The summed E-state index contributed by atoms with van der Waals surface area (Å²) in [6, 6.07) is 0.108. The summed E-state index contributed by atoms with van der Waals surface area (Å²) in [5, 5.41) is 12.4. The Hall–Kier alpha value is -0.660. The van der Waals surface area contributed by atoms with Gasteiger partial charge in [-0.3, -0.25) is 10.1 Å². The number of carbonyl (C=O) groups is 1. The first-order valence-corrected chi connectivity index (χ1v) is 8.91. The van der Waals surface area contributed by atoms with Crippen LogP contribution in [0.2, 0.25) is 0 Å². The van der Waals surface area contributed by atoms with Crippen LogP contribution in [0.5, 0.6) is 0 Å². The van der Waals surface area contributed by atoms with Gasteiger partial charge in [0.05, 0.1) is 11.5 Å². The molecule has 6 nitrogen and oxygen atoms in total. The summed E-state index contributed by atoms with van der Waals surface area (Å²) in [7, 11) is -2.85. The van der Waals surface area contributed by atoms with E-state index in [1.807, 2.05) is 13.8 Å². The van der Waals surface area contributed by atoms with Crippen LogP contribution in [0.1, 0.15) is 33.6 Å². The van der Waals surface area contributed by atoms with E-state index in [0.29, 0.717) is 19.5 Å². The zero-order valence-corrected chi connectivity index (χ0v) is 13.4. The summed E-state index contributed by atoms with van der Waals surface area (Å²) in [5.41, 5.74) is -0.921. The van der Waals surface area contributed by atoms with Gasteiger partial charge in [-0.05, 0) is 40.2 Å². The molecule has 1 aliphatic rings. The normalized spacial score (nSPS) is 22.6. The lowest BCUT2D eigenvalue weighted by Gasteiger charge is -2.31. The summed E-state index contributed by atoms with van der Waals surface area (Å²) >= 11 is 0. The summed E-state index contributed by atoms with van der Waals surface area (Å²) in [6.45, 7) is 7.43. The highest BCUT2D eigenvalue weighted by molar-refractivity contribution is 7.91. The largest absolute Gasteiger partial charge is 0.480 e. The molecule has 0 aromatic carbocycles. The molecule has 1 heterocycles. The molecule has 0 spiro atoms. The Morgan fingerprint density at radius 2 is 1.90 bits per heavy atom. The minimum Gasteiger partial charge on any atom is -0.480 e. The molecule has 0 aromatic heterocycles. The van der Waals surface area contributed by atoms with Crippen molar-refractivity contribution in [2.24, 2.45) is 0 Å². The molecule has 2 N–H and O–H groups in total. The highest BCUT2D eigenvalue weighted by Crippen LogP contribution is 2.15. The fourth-order valence-corrected chi connectivity index (χ4v) is 3.78. The van der Waals surface area contributed by atoms with Gasteiger partial charge in [0.2, 0.25) is 0 Å². The van der Waals surface area contributed by atoms with E-state index < -0.39 is 21.3 Å². The molecule has 118 valence electrons. The molecule has 7 heteroatoms. The van der Waals surface area contributed by atoms with Crippen molar-refractivity contribution in [1.29, 1.82) is 0 Å². The van der Waals surface area contributed by atoms with Gasteiger partial charge in [-0.15, -0.1) is 0 Å². The summed E-state index contributed by atoms with van der Waals surface area (Å²) < 4.78 is 22.7. The Kier molecular flexibility index (Phi) is 5.97. The fourth-order valence-electron chi connectivity index (χ4n) is 2.51. The number of hydrogen-bond donors (Lipinski definition) is 2. The maximum absolute atomic E-state index is 11.4. The predicted octanol–water partition coefficient (Wildman–Crippen LogP) is 0.338. The molecular formula is C13H26N2O4S. The molecule has 1 rings (SSSR count). The fraction of sp³-hybridized carbons (Fsp3) is 0.923. The van der Waals surface area contributed by atoms with Crippen molar-refractivity contribution in [3.05, 3.63) is 0 Å². The van der Waals surface area contributed by atoms with Crippen LogP contribution >= 0.6 is 0 Å². The van der Waals surface area contributed by atoms with Gasteiger partial charge in [0.1, 0.15) is 5.54 Å². The molecule has 1 atom stereocenters. The Bertz CT molecular complexity index is 422. The number of nitrogens with zero attached hydrogens (tertiary/aromatic N) is 1. The van der Waals surface area contributed by atoms with E-state index in [0.717, 1.165) is 13.0 Å². The second-order valence-electron chi connectivity index (χ2n) is 6.03. The standard InChI is InChI=1S/C13H26N2O4S/c1-11(2)14-13(3,12(16)17)5-4-6-15-7-9-20(18,19)10-8-15/h11,14H,4-10H2,1-3H3,(H,16,17). The minimum absolute atomic E-state index is 0.108. The van der Waals surface area contributed by atoms with Crippen molar-refractivity contribution in [1.82, 2.24) is 10.2 Å². The van der Waals surface area contributed by atoms with Crippen LogP contribution in [0.15, 0.2) is 0 Å². The van der Waals surface area contributed by atoms with Crippen LogP contribution in [0.25, 0.3) is 0 Å². The zero-order valence-electron chi connectivity index (χ0n) is 12.6. The number of sulfone groups is 1. The molecule has 1 aliphatic heterocycles. The summed E-state index contributed by atoms with van der Waals surface area (Å²) in [5.74, 6) is -0.409. The second-order valence-corrected chi connectivity index (χ2v) is 8.34.